The van der Waals surface area contributed by atoms with Crippen LogP contribution in [0.5, 0.6) is 0 Å². The molecule has 4 fully saturated rings. The summed E-state index contributed by atoms with van der Waals surface area (Å²) in [4.78, 5) is 27.8. The number of carbonyl (C=O) groups is 2. The van der Waals surface area contributed by atoms with Crippen molar-refractivity contribution in [1.82, 2.24) is 9.47 Å². The van der Waals surface area contributed by atoms with Crippen molar-refractivity contribution in [3.05, 3.63) is 120 Å². The number of Topliss-reactive ketones (excluding diaryl/α,β-unsaturated/α-hetero) is 1. The summed E-state index contributed by atoms with van der Waals surface area (Å²) in [6, 6.07) is 27.1. The minimum absolute atomic E-state index is 0. The van der Waals surface area contributed by atoms with E-state index in [4.69, 9.17) is 32.8 Å². The van der Waals surface area contributed by atoms with E-state index in [1.165, 1.54) is 52.0 Å². The molecule has 0 bridgehead atoms. The van der Waals surface area contributed by atoms with Crippen molar-refractivity contribution in [2.24, 2.45) is 41.4 Å². The van der Waals surface area contributed by atoms with E-state index in [0.29, 0.717) is 57.8 Å². The third-order valence-electron chi connectivity index (χ3n) is 21.4. The Kier molecular flexibility index (Phi) is 24.1. The molecule has 6 aliphatic rings. The van der Waals surface area contributed by atoms with Gasteiger partial charge in [-0.15, -0.1) is 0 Å². The third kappa shape index (κ3) is 15.6. The Balaban J connectivity index is 0.000000224. The van der Waals surface area contributed by atoms with Gasteiger partial charge >= 0.3 is 29.6 Å². The fourth-order valence-electron chi connectivity index (χ4n) is 15.7. The zero-order valence-corrected chi connectivity index (χ0v) is 59.8. The van der Waals surface area contributed by atoms with Gasteiger partial charge in [0.15, 0.2) is 5.79 Å². The predicted molar refractivity (Wildman–Crippen MR) is 347 cm³/mol. The number of carboxylic acids is 1. The van der Waals surface area contributed by atoms with Gasteiger partial charge in [0.1, 0.15) is 21.7 Å². The molecule has 4 aromatic carbocycles. The number of ether oxygens (including phenoxy) is 5. The fraction of sp³-hybridized carbons (Fsp3) is 0.606. The van der Waals surface area contributed by atoms with Crippen molar-refractivity contribution < 1.29 is 109 Å². The van der Waals surface area contributed by atoms with Gasteiger partial charge in [-0.25, -0.2) is 0 Å². The Labute approximate surface area is 571 Å². The molecule has 7 heterocycles. The fourth-order valence-corrected chi connectivity index (χ4v) is 17.1. The van der Waals surface area contributed by atoms with Gasteiger partial charge in [0.2, 0.25) is 5.79 Å². The van der Waals surface area contributed by atoms with Crippen LogP contribution in [0, 0.1) is 41.4 Å². The van der Waals surface area contributed by atoms with Gasteiger partial charge in [-0.2, -0.15) is 16.8 Å². The van der Waals surface area contributed by atoms with Crippen molar-refractivity contribution in [1.29, 1.82) is 0 Å². The molecule has 0 saturated carbocycles. The normalized spacial score (nSPS) is 32.2. The summed E-state index contributed by atoms with van der Waals surface area (Å²) in [6.07, 6.45) is 6.37. The number of rotatable bonds is 16. The second kappa shape index (κ2) is 30.0. The van der Waals surface area contributed by atoms with E-state index >= 15 is 0 Å². The smallest absolute Gasteiger partial charge is 0.550 e. The van der Waals surface area contributed by atoms with Crippen LogP contribution in [0.1, 0.15) is 150 Å². The van der Waals surface area contributed by atoms with Crippen molar-refractivity contribution in [3.8, 4) is 0 Å². The monoisotopic (exact) mass is 1340 g/mol. The topological polar surface area (TPSA) is 281 Å². The van der Waals surface area contributed by atoms with E-state index in [-0.39, 0.29) is 76.1 Å². The number of likely N-dealkylation sites (N-methyl/N-ethyl adjacent to an activating group) is 1. The molecule has 2 spiro atoms. The average molecular weight is 1340 g/mol. The molecule has 18 unspecified atom stereocenters. The molecule has 0 aliphatic carbocycles. The van der Waals surface area contributed by atoms with Gasteiger partial charge in [0, 0.05) is 95.4 Å². The molecular weight excluding hydrogens is 1240 g/mol. The first-order chi connectivity index (χ1) is 43.3. The summed E-state index contributed by atoms with van der Waals surface area (Å²) in [7, 11) is -6.72. The maximum atomic E-state index is 14.4. The van der Waals surface area contributed by atoms with Crippen LogP contribution < -0.4 is 34.7 Å². The predicted octanol–water partition coefficient (Wildman–Crippen LogP) is 6.87. The van der Waals surface area contributed by atoms with Crippen LogP contribution in [0.3, 0.4) is 0 Å². The molecule has 22 heteroatoms. The number of aliphatic hydroxyl groups is 3. The van der Waals surface area contributed by atoms with Crippen LogP contribution in [0.2, 0.25) is 0 Å². The first-order valence-electron chi connectivity index (χ1n) is 33.0. The molecule has 4 saturated heterocycles. The zero-order chi connectivity index (χ0) is 67.0. The number of hydrogen-bond donors (Lipinski definition) is 5. The number of carbonyl (C=O) groups excluding carboxylic acids is 2. The molecule has 5 N–H and O–H groups in total. The molecule has 93 heavy (non-hydrogen) atoms. The van der Waals surface area contributed by atoms with Crippen LogP contribution in [0.25, 0.3) is 21.7 Å². The molecule has 506 valence electrons. The molecule has 18 atom stereocenters. The SMILES string of the molecule is CCC(C(=O)[O-])C1CCC(C)C(C(C)C(O)C(C)C(=O)C(CC)C2OC3(C=CC(O)C4(CCC(C)(C5CCC(O)(CC)C(C)O5)O4)O3)C(C)CC2C)O1.CN1CCc2c(c3ccccc3n2Cc2ccccc2)C1.O=S(=O)(O)c1cccc2c(S(=O)(=O)O)cccc12.[Na+]. The maximum Gasteiger partial charge on any atom is 1.00 e. The van der Waals surface area contributed by atoms with E-state index in [1.54, 1.807) is 19.1 Å². The van der Waals surface area contributed by atoms with Crippen LogP contribution in [0.4, 0.5) is 0 Å². The molecule has 11 rings (SSSR count). The number of fused-ring (bicyclic) bond motifs is 4. The molecule has 0 amide bonds. The second-order valence-electron chi connectivity index (χ2n) is 27.5. The first-order valence-corrected chi connectivity index (χ1v) is 35.9. The van der Waals surface area contributed by atoms with Crippen LogP contribution in [0.15, 0.2) is 113 Å². The molecular formula is C71H97N2NaO17S2. The number of para-hydroxylation sites is 1. The molecule has 5 aromatic rings. The average Bonchev–Trinajstić information content (AvgIpc) is 1.68. The van der Waals surface area contributed by atoms with Crippen molar-refractivity contribution in [2.45, 2.75) is 228 Å². The minimum atomic E-state index is -4.47. The summed E-state index contributed by atoms with van der Waals surface area (Å²) in [5.74, 6) is -6.24. The van der Waals surface area contributed by atoms with Crippen molar-refractivity contribution >= 4 is 53.7 Å². The number of carboxylic acid groups (broad SMARTS) is 1. The maximum absolute atomic E-state index is 14.4. The number of ketones is 1. The Hall–Kier alpha value is -3.98. The van der Waals surface area contributed by atoms with Gasteiger partial charge in [0.05, 0.1) is 47.8 Å². The quantitative estimate of drug-likeness (QED) is 0.0383. The Morgan fingerprint density at radius 2 is 1.37 bits per heavy atom. The standard InChI is InChI=1S/C42H70O11.C19H20N2.C10H8O6S2.Na/c1-11-29(38(46)47)31-15-14-23(4)36(50-31)27(8)34(44)26(7)35(45)30(12-2)37-24(5)22-25(6)41(51-37)19-16-32(43)42(53-41)21-20-39(10,52-42)33-17-18-40(48,13-3)28(9)49-33;1-20-12-11-19-17(14-20)16-9-5-6-10-18(16)21(19)13-15-7-3-2-4-8-15;11-17(12,13)9-5-1-3-7-8(9)4-2-6-10(7)18(14,15)16;/h16,19,23-34,36-37,43-44,48H,11-15,17-18,20-22H2,1-10H3,(H,46,47);2-10H,11-14H2,1H3;1-6H,(H,11,12,13)(H,14,15,16);/q;;;+1/p-1. The van der Waals surface area contributed by atoms with E-state index in [1.807, 2.05) is 41.5 Å². The molecule has 1 aromatic heterocycles. The van der Waals surface area contributed by atoms with Gasteiger partial charge in [-0.05, 0) is 132 Å². The van der Waals surface area contributed by atoms with E-state index in [0.717, 1.165) is 44.6 Å². The largest absolute Gasteiger partial charge is 1.00 e. The van der Waals surface area contributed by atoms with Crippen LogP contribution in [-0.4, -0.2) is 142 Å². The van der Waals surface area contributed by atoms with E-state index in [2.05, 4.69) is 91.9 Å². The number of hydrogen-bond acceptors (Lipinski definition) is 16. The summed E-state index contributed by atoms with van der Waals surface area (Å²) < 4.78 is 98.6. The summed E-state index contributed by atoms with van der Waals surface area (Å²) in [5.41, 5.74) is 4.17. The first kappa shape index (κ1) is 74.8. The molecule has 6 aliphatic heterocycles. The zero-order valence-electron chi connectivity index (χ0n) is 56.1. The van der Waals surface area contributed by atoms with Gasteiger partial charge in [0.25, 0.3) is 20.2 Å². The van der Waals surface area contributed by atoms with Crippen molar-refractivity contribution in [3.63, 3.8) is 0 Å². The van der Waals surface area contributed by atoms with Gasteiger partial charge in [-0.3, -0.25) is 13.9 Å². The van der Waals surface area contributed by atoms with Crippen LogP contribution in [-0.2, 0) is 73.0 Å². The summed E-state index contributed by atoms with van der Waals surface area (Å²) >= 11 is 0. The van der Waals surface area contributed by atoms with E-state index < -0.39 is 113 Å². The number of benzene rings is 4. The molecule has 0 radical (unpaired) electrons. The number of aromatic nitrogens is 1. The number of aliphatic carboxylic acids is 1. The van der Waals surface area contributed by atoms with Crippen LogP contribution >= 0.6 is 0 Å². The Morgan fingerprint density at radius 1 is 0.753 bits per heavy atom. The Bertz CT molecular complexity index is 3610. The van der Waals surface area contributed by atoms with E-state index in [9.17, 15) is 46.9 Å². The third-order valence-corrected chi connectivity index (χ3v) is 23.2. The number of aliphatic hydroxyl groups excluding tert-OH is 2. The van der Waals surface area contributed by atoms with Crippen molar-refractivity contribution in [2.75, 3.05) is 13.6 Å². The summed E-state index contributed by atoms with van der Waals surface area (Å²) in [6.45, 7) is 22.7. The second-order valence-corrected chi connectivity index (χ2v) is 30.2. The molecule has 19 nitrogen and oxygen atoms in total. The Morgan fingerprint density at radius 3 is 1.96 bits per heavy atom. The minimum Gasteiger partial charge on any atom is -0.550 e. The van der Waals surface area contributed by atoms with Gasteiger partial charge in [-0.1, -0.05) is 128 Å². The number of nitrogens with zero attached hydrogens (tertiary/aromatic N) is 2. The van der Waals surface area contributed by atoms with Gasteiger partial charge < -0.3 is 58.4 Å². The summed E-state index contributed by atoms with van der Waals surface area (Å²) in [5, 5.41) is 47.5.